The summed E-state index contributed by atoms with van der Waals surface area (Å²) in [7, 11) is 0. The summed E-state index contributed by atoms with van der Waals surface area (Å²) in [5.74, 6) is -0.613. The van der Waals surface area contributed by atoms with Gasteiger partial charge < -0.3 is 5.73 Å². The van der Waals surface area contributed by atoms with Crippen molar-refractivity contribution < 1.29 is 18.0 Å². The second-order valence-electron chi connectivity index (χ2n) is 5.25. The lowest BCUT2D eigenvalue weighted by molar-refractivity contribution is -0.113. The fourth-order valence-electron chi connectivity index (χ4n) is 1.89. The smallest absolute Gasteiger partial charge is 0.395 e. The van der Waals surface area contributed by atoms with Gasteiger partial charge in [0.2, 0.25) is 0 Å². The number of nitrogens with zero attached hydrogens (tertiary/aromatic N) is 1. The van der Waals surface area contributed by atoms with Gasteiger partial charge in [-0.05, 0) is 43.0 Å². The van der Waals surface area contributed by atoms with Gasteiger partial charge in [0.1, 0.15) is 11.4 Å². The molecule has 1 aliphatic rings. The molecule has 0 amide bonds. The van der Waals surface area contributed by atoms with Gasteiger partial charge in [-0.2, -0.15) is 13.2 Å². The van der Waals surface area contributed by atoms with Crippen molar-refractivity contribution in [1.82, 2.24) is 0 Å². The molecule has 6 heteroatoms. The van der Waals surface area contributed by atoms with Crippen LogP contribution in [0.4, 0.5) is 18.9 Å². The molecule has 0 aromatic heterocycles. The highest BCUT2D eigenvalue weighted by atomic mass is 19.4. The van der Waals surface area contributed by atoms with E-state index in [1.54, 1.807) is 12.1 Å². The number of hydrogen-bond acceptors (Lipinski definition) is 3. The predicted octanol–water partition coefficient (Wildman–Crippen LogP) is 3.71. The molecular weight excluding hydrogens is 293 g/mol. The monoisotopic (exact) mass is 310 g/mol. The second-order valence-corrected chi connectivity index (χ2v) is 5.25. The van der Waals surface area contributed by atoms with Crippen LogP contribution in [0.25, 0.3) is 0 Å². The van der Waals surface area contributed by atoms with Crippen molar-refractivity contribution in [1.29, 1.82) is 0 Å². The molecule has 0 atom stereocenters. The van der Waals surface area contributed by atoms with Gasteiger partial charge in [-0.25, -0.2) is 4.99 Å². The SMILES string of the molecule is CCc1ccc(N=C(C=C(N)C(F)(F)F)C(=O)C2CC2)cc1. The summed E-state index contributed by atoms with van der Waals surface area (Å²) in [4.78, 5) is 16.2. The number of ketones is 1. The maximum atomic E-state index is 12.6. The lowest BCUT2D eigenvalue weighted by Gasteiger charge is -2.07. The number of halogens is 3. The van der Waals surface area contributed by atoms with E-state index < -0.39 is 11.9 Å². The Balaban J connectivity index is 2.34. The number of aliphatic imine (C=N–C) groups is 1. The van der Waals surface area contributed by atoms with Crippen LogP contribution in [-0.4, -0.2) is 17.7 Å². The lowest BCUT2D eigenvalue weighted by atomic mass is 10.1. The zero-order valence-electron chi connectivity index (χ0n) is 12.2. The quantitative estimate of drug-likeness (QED) is 0.843. The van der Waals surface area contributed by atoms with Gasteiger partial charge in [0.15, 0.2) is 5.78 Å². The van der Waals surface area contributed by atoms with Crippen molar-refractivity contribution in [3.63, 3.8) is 0 Å². The summed E-state index contributed by atoms with van der Waals surface area (Å²) in [5.41, 5.74) is 4.98. The Bertz CT molecular complexity index is 611. The van der Waals surface area contributed by atoms with Crippen LogP contribution >= 0.6 is 0 Å². The standard InChI is InChI=1S/C16H17F3N2O/c1-2-10-3-7-12(8-4-10)21-13(15(22)11-5-6-11)9-14(20)16(17,18)19/h3-4,7-9,11H,2,5-6,20H2,1H3. The summed E-state index contributed by atoms with van der Waals surface area (Å²) in [6.07, 6.45) is -1.82. The topological polar surface area (TPSA) is 55.4 Å². The van der Waals surface area contributed by atoms with Crippen molar-refractivity contribution in [2.45, 2.75) is 32.4 Å². The fourth-order valence-corrected chi connectivity index (χ4v) is 1.89. The molecule has 0 spiro atoms. The zero-order chi connectivity index (χ0) is 16.3. The molecule has 0 bridgehead atoms. The van der Waals surface area contributed by atoms with Crippen LogP contribution in [-0.2, 0) is 11.2 Å². The minimum atomic E-state index is -4.67. The average Bonchev–Trinajstić information content (AvgIpc) is 3.30. The van der Waals surface area contributed by atoms with Gasteiger partial charge >= 0.3 is 6.18 Å². The zero-order valence-corrected chi connectivity index (χ0v) is 12.2. The highest BCUT2D eigenvalue weighted by Crippen LogP contribution is 2.31. The summed E-state index contributed by atoms with van der Waals surface area (Å²) in [6.45, 7) is 1.99. The first kappa shape index (κ1) is 16.3. The number of hydrogen-bond donors (Lipinski definition) is 1. The third kappa shape index (κ3) is 4.19. The highest BCUT2D eigenvalue weighted by molar-refractivity contribution is 6.45. The molecule has 2 N–H and O–H groups in total. The average molecular weight is 310 g/mol. The van der Waals surface area contributed by atoms with Crippen molar-refractivity contribution in [2.75, 3.05) is 0 Å². The molecule has 0 radical (unpaired) electrons. The van der Waals surface area contributed by atoms with Crippen LogP contribution in [0.1, 0.15) is 25.3 Å². The van der Waals surface area contributed by atoms with Crippen LogP contribution in [0, 0.1) is 5.92 Å². The molecule has 1 fully saturated rings. The Morgan fingerprint density at radius 3 is 2.36 bits per heavy atom. The maximum Gasteiger partial charge on any atom is 0.430 e. The highest BCUT2D eigenvalue weighted by Gasteiger charge is 2.35. The molecule has 3 nitrogen and oxygen atoms in total. The van der Waals surface area contributed by atoms with E-state index in [1.165, 1.54) is 0 Å². The molecule has 1 aromatic carbocycles. The molecule has 2 rings (SSSR count). The second kappa shape index (κ2) is 6.34. The van der Waals surface area contributed by atoms with Crippen LogP contribution in [0.2, 0.25) is 0 Å². The molecule has 1 saturated carbocycles. The van der Waals surface area contributed by atoms with Gasteiger partial charge in [-0.15, -0.1) is 0 Å². The minimum Gasteiger partial charge on any atom is -0.395 e. The number of nitrogens with two attached hydrogens (primary N) is 1. The van der Waals surface area contributed by atoms with E-state index >= 15 is 0 Å². The minimum absolute atomic E-state index is 0.231. The first-order chi connectivity index (χ1) is 10.3. The van der Waals surface area contributed by atoms with E-state index in [4.69, 9.17) is 5.73 Å². The van der Waals surface area contributed by atoms with Crippen molar-refractivity contribution in [3.05, 3.63) is 41.6 Å². The Labute approximate surface area is 126 Å². The van der Waals surface area contributed by atoms with E-state index in [9.17, 15) is 18.0 Å². The fraction of sp³-hybridized carbons (Fsp3) is 0.375. The molecule has 1 aliphatic carbocycles. The molecule has 1 aromatic rings. The number of Topliss-reactive ketones (excluding diaryl/α,β-unsaturated/α-hetero) is 1. The molecule has 22 heavy (non-hydrogen) atoms. The van der Waals surface area contributed by atoms with Crippen molar-refractivity contribution >= 4 is 17.2 Å². The van der Waals surface area contributed by atoms with E-state index in [1.807, 2.05) is 19.1 Å². The maximum absolute atomic E-state index is 12.6. The number of allylic oxidation sites excluding steroid dienone is 2. The van der Waals surface area contributed by atoms with E-state index in [2.05, 4.69) is 4.99 Å². The molecule has 118 valence electrons. The normalized spacial score (nSPS) is 16.7. The first-order valence-corrected chi connectivity index (χ1v) is 7.07. The van der Waals surface area contributed by atoms with Crippen LogP contribution in [0.15, 0.2) is 41.0 Å². The van der Waals surface area contributed by atoms with Gasteiger partial charge in [-0.3, -0.25) is 4.79 Å². The summed E-state index contributed by atoms with van der Waals surface area (Å²) in [6, 6.07) is 7.01. The van der Waals surface area contributed by atoms with E-state index in [0.717, 1.165) is 12.0 Å². The molecule has 0 unspecified atom stereocenters. The number of aryl methyl sites for hydroxylation is 1. The van der Waals surface area contributed by atoms with Crippen molar-refractivity contribution in [3.8, 4) is 0 Å². The third-order valence-corrected chi connectivity index (χ3v) is 3.41. The van der Waals surface area contributed by atoms with Gasteiger partial charge in [0, 0.05) is 5.92 Å². The predicted molar refractivity (Wildman–Crippen MR) is 79.0 cm³/mol. The Hall–Kier alpha value is -2.11. The van der Waals surface area contributed by atoms with Crippen LogP contribution < -0.4 is 5.73 Å². The number of rotatable bonds is 5. The van der Waals surface area contributed by atoms with Crippen LogP contribution in [0.3, 0.4) is 0 Å². The Morgan fingerprint density at radius 2 is 1.91 bits per heavy atom. The van der Waals surface area contributed by atoms with Gasteiger partial charge in [-0.1, -0.05) is 19.1 Å². The lowest BCUT2D eigenvalue weighted by Crippen LogP contribution is -2.23. The first-order valence-electron chi connectivity index (χ1n) is 7.07. The van der Waals surface area contributed by atoms with Crippen LogP contribution in [0.5, 0.6) is 0 Å². The third-order valence-electron chi connectivity index (χ3n) is 3.41. The number of benzene rings is 1. The number of carbonyl (C=O) groups excluding carboxylic acids is 1. The molecule has 0 aliphatic heterocycles. The summed E-state index contributed by atoms with van der Waals surface area (Å²) < 4.78 is 37.7. The molecule has 0 saturated heterocycles. The van der Waals surface area contributed by atoms with Gasteiger partial charge in [0.05, 0.1) is 5.69 Å². The van der Waals surface area contributed by atoms with Gasteiger partial charge in [0.25, 0.3) is 0 Å². The number of alkyl halides is 3. The van der Waals surface area contributed by atoms with Crippen molar-refractivity contribution in [2.24, 2.45) is 16.6 Å². The Kier molecular flexibility index (Phi) is 4.68. The number of carbonyl (C=O) groups is 1. The largest absolute Gasteiger partial charge is 0.430 e. The molecule has 0 heterocycles. The Morgan fingerprint density at radius 1 is 1.32 bits per heavy atom. The molecular formula is C16H17F3N2O. The summed E-state index contributed by atoms with van der Waals surface area (Å²) >= 11 is 0. The van der Waals surface area contributed by atoms with E-state index in [0.29, 0.717) is 24.6 Å². The van der Waals surface area contributed by atoms with E-state index in [-0.39, 0.29) is 17.4 Å². The summed E-state index contributed by atoms with van der Waals surface area (Å²) in [5, 5.41) is 0.